The van der Waals surface area contributed by atoms with Crippen molar-refractivity contribution in [1.29, 1.82) is 0 Å². The van der Waals surface area contributed by atoms with Crippen molar-refractivity contribution < 1.29 is 9.90 Å². The molecule has 94 valence electrons. The Morgan fingerprint density at radius 3 is 2.89 bits per heavy atom. The van der Waals surface area contributed by atoms with Crippen molar-refractivity contribution in [3.63, 3.8) is 0 Å². The van der Waals surface area contributed by atoms with Crippen molar-refractivity contribution in [2.45, 2.75) is 26.8 Å². The Labute approximate surface area is 104 Å². The standard InChI is InChI=1S/C12H14N4O2/c1-3-10-11(12(17)18)14-15-16(10)7-9-8(2)5-4-6-13-9/h4-6H,3,7H2,1-2H3,(H,17,18). The van der Waals surface area contributed by atoms with E-state index in [9.17, 15) is 4.79 Å². The second kappa shape index (κ2) is 4.95. The van der Waals surface area contributed by atoms with Gasteiger partial charge in [-0.2, -0.15) is 0 Å². The average molecular weight is 246 g/mol. The van der Waals surface area contributed by atoms with Gasteiger partial charge in [0.15, 0.2) is 5.69 Å². The number of hydrogen-bond acceptors (Lipinski definition) is 4. The minimum absolute atomic E-state index is 0.0195. The van der Waals surface area contributed by atoms with E-state index in [4.69, 9.17) is 5.11 Å². The molecule has 0 radical (unpaired) electrons. The largest absolute Gasteiger partial charge is 0.476 e. The van der Waals surface area contributed by atoms with Crippen LogP contribution in [-0.2, 0) is 13.0 Å². The molecule has 0 saturated carbocycles. The SMILES string of the molecule is CCc1c(C(=O)O)nnn1Cc1ncccc1C. The molecule has 0 fully saturated rings. The summed E-state index contributed by atoms with van der Waals surface area (Å²) in [5.74, 6) is -1.05. The van der Waals surface area contributed by atoms with Gasteiger partial charge >= 0.3 is 5.97 Å². The first-order chi connectivity index (χ1) is 8.63. The number of rotatable bonds is 4. The number of nitrogens with zero attached hydrogens (tertiary/aromatic N) is 4. The van der Waals surface area contributed by atoms with Crippen LogP contribution in [0.5, 0.6) is 0 Å². The lowest BCUT2D eigenvalue weighted by Gasteiger charge is -2.06. The summed E-state index contributed by atoms with van der Waals surface area (Å²) in [6.45, 7) is 4.28. The number of aryl methyl sites for hydroxylation is 1. The Kier molecular flexibility index (Phi) is 3.36. The van der Waals surface area contributed by atoms with Crippen molar-refractivity contribution in [1.82, 2.24) is 20.0 Å². The zero-order valence-corrected chi connectivity index (χ0v) is 10.3. The van der Waals surface area contributed by atoms with E-state index in [0.717, 1.165) is 11.3 Å². The normalized spacial score (nSPS) is 10.6. The van der Waals surface area contributed by atoms with Crippen LogP contribution in [0.2, 0.25) is 0 Å². The molecule has 2 aromatic heterocycles. The number of pyridine rings is 1. The quantitative estimate of drug-likeness (QED) is 0.879. The maximum Gasteiger partial charge on any atom is 0.358 e. The third-order valence-electron chi connectivity index (χ3n) is 2.79. The number of aromatic nitrogens is 4. The predicted molar refractivity (Wildman–Crippen MR) is 64.4 cm³/mol. The van der Waals surface area contributed by atoms with Gasteiger partial charge < -0.3 is 5.11 Å². The van der Waals surface area contributed by atoms with Gasteiger partial charge in [-0.15, -0.1) is 5.10 Å². The molecule has 6 heteroatoms. The minimum atomic E-state index is -1.05. The van der Waals surface area contributed by atoms with E-state index < -0.39 is 5.97 Å². The summed E-state index contributed by atoms with van der Waals surface area (Å²) in [5, 5.41) is 16.6. The molecule has 0 saturated heterocycles. The van der Waals surface area contributed by atoms with Crippen molar-refractivity contribution >= 4 is 5.97 Å². The molecular weight excluding hydrogens is 232 g/mol. The Morgan fingerprint density at radius 2 is 2.28 bits per heavy atom. The molecule has 0 atom stereocenters. The molecule has 0 bridgehead atoms. The number of aromatic carboxylic acids is 1. The van der Waals surface area contributed by atoms with Crippen LogP contribution in [0.4, 0.5) is 0 Å². The third kappa shape index (κ3) is 2.22. The van der Waals surface area contributed by atoms with E-state index in [2.05, 4.69) is 15.3 Å². The molecule has 2 heterocycles. The van der Waals surface area contributed by atoms with Crippen LogP contribution < -0.4 is 0 Å². The first-order valence-electron chi connectivity index (χ1n) is 5.69. The Hall–Kier alpha value is -2.24. The monoisotopic (exact) mass is 246 g/mol. The summed E-state index contributed by atoms with van der Waals surface area (Å²) in [4.78, 5) is 15.2. The van der Waals surface area contributed by atoms with Gasteiger partial charge in [0.2, 0.25) is 0 Å². The fourth-order valence-electron chi connectivity index (χ4n) is 1.80. The molecule has 1 N–H and O–H groups in total. The lowest BCUT2D eigenvalue weighted by Crippen LogP contribution is -2.10. The molecular formula is C12H14N4O2. The molecule has 2 aromatic rings. The lowest BCUT2D eigenvalue weighted by atomic mass is 10.2. The fraction of sp³-hybridized carbons (Fsp3) is 0.333. The first-order valence-corrected chi connectivity index (χ1v) is 5.69. The summed E-state index contributed by atoms with van der Waals surface area (Å²) in [7, 11) is 0. The second-order valence-corrected chi connectivity index (χ2v) is 3.97. The van der Waals surface area contributed by atoms with E-state index in [1.165, 1.54) is 0 Å². The number of hydrogen-bond donors (Lipinski definition) is 1. The summed E-state index contributed by atoms with van der Waals surface area (Å²) >= 11 is 0. The van der Waals surface area contributed by atoms with Gasteiger partial charge in [0.05, 0.1) is 17.9 Å². The fourth-order valence-corrected chi connectivity index (χ4v) is 1.80. The molecule has 0 aromatic carbocycles. The summed E-state index contributed by atoms with van der Waals surface area (Å²) in [5.41, 5.74) is 2.56. The number of carbonyl (C=O) groups is 1. The highest BCUT2D eigenvalue weighted by atomic mass is 16.4. The van der Waals surface area contributed by atoms with Crippen molar-refractivity contribution in [3.05, 3.63) is 41.0 Å². The maximum absolute atomic E-state index is 11.0. The van der Waals surface area contributed by atoms with Crippen molar-refractivity contribution in [2.24, 2.45) is 0 Å². The number of carboxylic acids is 1. The van der Waals surface area contributed by atoms with Gasteiger partial charge in [-0.05, 0) is 25.0 Å². The van der Waals surface area contributed by atoms with Crippen molar-refractivity contribution in [2.75, 3.05) is 0 Å². The van der Waals surface area contributed by atoms with Crippen LogP contribution in [0.15, 0.2) is 18.3 Å². The van der Waals surface area contributed by atoms with E-state index >= 15 is 0 Å². The molecule has 0 aliphatic heterocycles. The summed E-state index contributed by atoms with van der Waals surface area (Å²) < 4.78 is 1.60. The molecule has 0 unspecified atom stereocenters. The van der Waals surface area contributed by atoms with Crippen LogP contribution in [0, 0.1) is 6.92 Å². The average Bonchev–Trinajstić information content (AvgIpc) is 2.75. The Morgan fingerprint density at radius 1 is 1.50 bits per heavy atom. The topological polar surface area (TPSA) is 80.9 Å². The zero-order chi connectivity index (χ0) is 13.1. The van der Waals surface area contributed by atoms with Gasteiger partial charge in [-0.1, -0.05) is 18.2 Å². The predicted octanol–water partition coefficient (Wildman–Crippen LogP) is 1.29. The van der Waals surface area contributed by atoms with Gasteiger partial charge in [-0.3, -0.25) is 4.98 Å². The van der Waals surface area contributed by atoms with E-state index in [0.29, 0.717) is 18.7 Å². The molecule has 0 aliphatic rings. The van der Waals surface area contributed by atoms with Gasteiger partial charge in [0.1, 0.15) is 0 Å². The van der Waals surface area contributed by atoms with Crippen LogP contribution in [0.25, 0.3) is 0 Å². The van der Waals surface area contributed by atoms with Gasteiger partial charge in [0, 0.05) is 6.20 Å². The highest BCUT2D eigenvalue weighted by Crippen LogP contribution is 2.10. The summed E-state index contributed by atoms with van der Waals surface area (Å²) in [6.07, 6.45) is 2.28. The van der Waals surface area contributed by atoms with Crippen LogP contribution in [-0.4, -0.2) is 31.1 Å². The lowest BCUT2D eigenvalue weighted by molar-refractivity contribution is 0.0689. The number of carboxylic acid groups (broad SMARTS) is 1. The van der Waals surface area contributed by atoms with Crippen molar-refractivity contribution in [3.8, 4) is 0 Å². The van der Waals surface area contributed by atoms with Crippen LogP contribution in [0.1, 0.15) is 34.4 Å². The maximum atomic E-state index is 11.0. The summed E-state index contributed by atoms with van der Waals surface area (Å²) in [6, 6.07) is 3.83. The van der Waals surface area contributed by atoms with Gasteiger partial charge in [-0.25, -0.2) is 9.48 Å². The molecule has 2 rings (SSSR count). The molecule has 0 spiro atoms. The second-order valence-electron chi connectivity index (χ2n) is 3.97. The molecule has 0 aliphatic carbocycles. The van der Waals surface area contributed by atoms with Crippen LogP contribution in [0.3, 0.4) is 0 Å². The highest BCUT2D eigenvalue weighted by molar-refractivity contribution is 5.86. The van der Waals surface area contributed by atoms with Crippen LogP contribution >= 0.6 is 0 Å². The molecule has 18 heavy (non-hydrogen) atoms. The zero-order valence-electron chi connectivity index (χ0n) is 10.3. The van der Waals surface area contributed by atoms with E-state index in [1.807, 2.05) is 26.0 Å². The van der Waals surface area contributed by atoms with E-state index in [1.54, 1.807) is 10.9 Å². The Bertz CT molecular complexity index is 577. The molecule has 0 amide bonds. The van der Waals surface area contributed by atoms with E-state index in [-0.39, 0.29) is 5.69 Å². The molecule has 6 nitrogen and oxygen atoms in total. The highest BCUT2D eigenvalue weighted by Gasteiger charge is 2.17. The third-order valence-corrected chi connectivity index (χ3v) is 2.79. The Balaban J connectivity index is 2.35. The minimum Gasteiger partial charge on any atom is -0.476 e. The smallest absolute Gasteiger partial charge is 0.358 e. The van der Waals surface area contributed by atoms with Gasteiger partial charge in [0.25, 0.3) is 0 Å². The first kappa shape index (κ1) is 12.2.